The van der Waals surface area contributed by atoms with Crippen LogP contribution in [0.3, 0.4) is 0 Å². The zero-order valence-corrected chi connectivity index (χ0v) is 13.0. The quantitative estimate of drug-likeness (QED) is 0.901. The molecule has 2 amide bonds. The molecule has 2 aliphatic rings. The predicted octanol–water partition coefficient (Wildman–Crippen LogP) is 3.72. The molecule has 0 aromatic heterocycles. The number of benzene rings is 1. The van der Waals surface area contributed by atoms with Gasteiger partial charge in [0, 0.05) is 19.4 Å². The van der Waals surface area contributed by atoms with E-state index in [9.17, 15) is 9.59 Å². The van der Waals surface area contributed by atoms with Gasteiger partial charge >= 0.3 is 0 Å². The summed E-state index contributed by atoms with van der Waals surface area (Å²) in [5.74, 6) is 0.930. The SMILES string of the molecule is O=C(CCC1CCCC1)Nc1ccccc1N1CCCC1=O. The number of carbonyl (C=O) groups excluding carboxylic acids is 2. The number of amides is 2. The van der Waals surface area contributed by atoms with Crippen molar-refractivity contribution in [1.82, 2.24) is 0 Å². The molecule has 1 saturated heterocycles. The molecule has 1 aromatic rings. The predicted molar refractivity (Wildman–Crippen MR) is 87.9 cm³/mol. The number of para-hydroxylation sites is 2. The van der Waals surface area contributed by atoms with E-state index < -0.39 is 0 Å². The van der Waals surface area contributed by atoms with E-state index in [4.69, 9.17) is 0 Å². The number of nitrogens with zero attached hydrogens (tertiary/aromatic N) is 1. The molecular weight excluding hydrogens is 276 g/mol. The van der Waals surface area contributed by atoms with Gasteiger partial charge in [0.25, 0.3) is 0 Å². The van der Waals surface area contributed by atoms with Crippen molar-refractivity contribution in [2.24, 2.45) is 5.92 Å². The van der Waals surface area contributed by atoms with E-state index in [-0.39, 0.29) is 11.8 Å². The van der Waals surface area contributed by atoms with E-state index in [2.05, 4.69) is 5.32 Å². The minimum atomic E-state index is 0.0611. The molecule has 1 aliphatic carbocycles. The summed E-state index contributed by atoms with van der Waals surface area (Å²) in [6.07, 6.45) is 8.22. The first kappa shape index (κ1) is 15.1. The van der Waals surface area contributed by atoms with Crippen LogP contribution in [0.1, 0.15) is 51.4 Å². The second-order valence-electron chi connectivity index (χ2n) is 6.40. The maximum atomic E-state index is 12.2. The summed E-state index contributed by atoms with van der Waals surface area (Å²) in [5, 5.41) is 3.00. The van der Waals surface area contributed by atoms with E-state index in [1.54, 1.807) is 4.90 Å². The average molecular weight is 300 g/mol. The Morgan fingerprint density at radius 1 is 1.18 bits per heavy atom. The van der Waals surface area contributed by atoms with Crippen LogP contribution >= 0.6 is 0 Å². The number of anilines is 2. The molecule has 0 radical (unpaired) electrons. The maximum Gasteiger partial charge on any atom is 0.227 e. The van der Waals surface area contributed by atoms with Crippen LogP contribution in [0.25, 0.3) is 0 Å². The molecule has 3 rings (SSSR count). The van der Waals surface area contributed by atoms with Gasteiger partial charge in [0.15, 0.2) is 0 Å². The van der Waals surface area contributed by atoms with E-state index in [1.165, 1.54) is 25.7 Å². The lowest BCUT2D eigenvalue weighted by molar-refractivity contribution is -0.117. The van der Waals surface area contributed by atoms with Gasteiger partial charge in [-0.25, -0.2) is 0 Å². The second kappa shape index (κ2) is 6.95. The summed E-state index contributed by atoms with van der Waals surface area (Å²) in [7, 11) is 0. The van der Waals surface area contributed by atoms with E-state index in [0.29, 0.717) is 12.8 Å². The average Bonchev–Trinajstić information content (AvgIpc) is 3.17. The number of nitrogens with one attached hydrogen (secondary N) is 1. The fourth-order valence-corrected chi connectivity index (χ4v) is 3.56. The van der Waals surface area contributed by atoms with Crippen LogP contribution in [0.4, 0.5) is 11.4 Å². The highest BCUT2D eigenvalue weighted by molar-refractivity contribution is 6.02. The number of rotatable bonds is 5. The third-order valence-electron chi connectivity index (χ3n) is 4.80. The van der Waals surface area contributed by atoms with Crippen LogP contribution in [0.15, 0.2) is 24.3 Å². The van der Waals surface area contributed by atoms with Crippen molar-refractivity contribution in [3.63, 3.8) is 0 Å². The van der Waals surface area contributed by atoms with E-state index in [1.807, 2.05) is 24.3 Å². The van der Waals surface area contributed by atoms with Crippen molar-refractivity contribution in [1.29, 1.82) is 0 Å². The zero-order chi connectivity index (χ0) is 15.4. The topological polar surface area (TPSA) is 49.4 Å². The standard InChI is InChI=1S/C18H24N2O2/c21-17(12-11-14-6-1-2-7-14)19-15-8-3-4-9-16(15)20-13-5-10-18(20)22/h3-4,8-9,14H,1-2,5-7,10-13H2,(H,19,21). The van der Waals surface area contributed by atoms with Gasteiger partial charge in [-0.1, -0.05) is 37.8 Å². The highest BCUT2D eigenvalue weighted by Gasteiger charge is 2.24. The van der Waals surface area contributed by atoms with Crippen molar-refractivity contribution in [3.8, 4) is 0 Å². The molecule has 1 saturated carbocycles. The Morgan fingerprint density at radius 3 is 2.68 bits per heavy atom. The molecule has 1 N–H and O–H groups in total. The fourth-order valence-electron chi connectivity index (χ4n) is 3.56. The summed E-state index contributed by atoms with van der Waals surface area (Å²) >= 11 is 0. The number of hydrogen-bond donors (Lipinski definition) is 1. The molecule has 0 bridgehead atoms. The Morgan fingerprint density at radius 2 is 1.95 bits per heavy atom. The van der Waals surface area contributed by atoms with E-state index in [0.717, 1.165) is 36.7 Å². The van der Waals surface area contributed by atoms with Crippen LogP contribution < -0.4 is 10.2 Å². The molecule has 118 valence electrons. The minimum absolute atomic E-state index is 0.0611. The summed E-state index contributed by atoms with van der Waals surface area (Å²) in [6.45, 7) is 0.744. The molecule has 22 heavy (non-hydrogen) atoms. The van der Waals surface area contributed by atoms with Gasteiger partial charge in [-0.2, -0.15) is 0 Å². The Labute approximate surface area is 131 Å². The van der Waals surface area contributed by atoms with Gasteiger partial charge in [0.05, 0.1) is 11.4 Å². The van der Waals surface area contributed by atoms with Gasteiger partial charge in [0.1, 0.15) is 0 Å². The van der Waals surface area contributed by atoms with Gasteiger partial charge in [-0.15, -0.1) is 0 Å². The van der Waals surface area contributed by atoms with Crippen LogP contribution in [-0.4, -0.2) is 18.4 Å². The normalized spacial score (nSPS) is 18.9. The van der Waals surface area contributed by atoms with Crippen molar-refractivity contribution in [2.45, 2.75) is 51.4 Å². The summed E-state index contributed by atoms with van der Waals surface area (Å²) in [5.41, 5.74) is 1.59. The van der Waals surface area contributed by atoms with Crippen LogP contribution in [-0.2, 0) is 9.59 Å². The zero-order valence-electron chi connectivity index (χ0n) is 13.0. The van der Waals surface area contributed by atoms with Gasteiger partial charge in [-0.05, 0) is 30.9 Å². The summed E-state index contributed by atoms with van der Waals surface area (Å²) in [6, 6.07) is 7.61. The van der Waals surface area contributed by atoms with Crippen molar-refractivity contribution in [3.05, 3.63) is 24.3 Å². The Kier molecular flexibility index (Phi) is 4.76. The molecule has 1 aromatic carbocycles. The highest BCUT2D eigenvalue weighted by atomic mass is 16.2. The Balaban J connectivity index is 1.61. The molecule has 0 atom stereocenters. The van der Waals surface area contributed by atoms with Gasteiger partial charge < -0.3 is 10.2 Å². The lowest BCUT2D eigenvalue weighted by atomic mass is 10.0. The third-order valence-corrected chi connectivity index (χ3v) is 4.80. The number of hydrogen-bond acceptors (Lipinski definition) is 2. The second-order valence-corrected chi connectivity index (χ2v) is 6.40. The van der Waals surface area contributed by atoms with Gasteiger partial charge in [-0.3, -0.25) is 9.59 Å². The lowest BCUT2D eigenvalue weighted by Gasteiger charge is -2.20. The first-order valence-electron chi connectivity index (χ1n) is 8.43. The van der Waals surface area contributed by atoms with Crippen molar-refractivity contribution >= 4 is 23.2 Å². The molecule has 1 heterocycles. The molecule has 4 nitrogen and oxygen atoms in total. The summed E-state index contributed by atoms with van der Waals surface area (Å²) < 4.78 is 0. The summed E-state index contributed by atoms with van der Waals surface area (Å²) in [4.78, 5) is 25.9. The minimum Gasteiger partial charge on any atom is -0.324 e. The fraction of sp³-hybridized carbons (Fsp3) is 0.556. The molecule has 0 spiro atoms. The van der Waals surface area contributed by atoms with Crippen LogP contribution in [0.2, 0.25) is 0 Å². The molecule has 0 unspecified atom stereocenters. The van der Waals surface area contributed by atoms with Crippen molar-refractivity contribution in [2.75, 3.05) is 16.8 Å². The molecule has 2 fully saturated rings. The first-order chi connectivity index (χ1) is 10.7. The van der Waals surface area contributed by atoms with E-state index >= 15 is 0 Å². The lowest BCUT2D eigenvalue weighted by Crippen LogP contribution is -2.25. The highest BCUT2D eigenvalue weighted by Crippen LogP contribution is 2.31. The van der Waals surface area contributed by atoms with Crippen LogP contribution in [0.5, 0.6) is 0 Å². The third kappa shape index (κ3) is 3.49. The van der Waals surface area contributed by atoms with Crippen molar-refractivity contribution < 1.29 is 9.59 Å². The maximum absolute atomic E-state index is 12.2. The molecule has 1 aliphatic heterocycles. The molecular formula is C18H24N2O2. The Hall–Kier alpha value is -1.84. The van der Waals surface area contributed by atoms with Crippen LogP contribution in [0, 0.1) is 5.92 Å². The molecule has 4 heteroatoms. The smallest absolute Gasteiger partial charge is 0.227 e. The number of carbonyl (C=O) groups is 2. The monoisotopic (exact) mass is 300 g/mol. The van der Waals surface area contributed by atoms with Gasteiger partial charge in [0.2, 0.25) is 11.8 Å². The Bertz CT molecular complexity index is 550. The largest absolute Gasteiger partial charge is 0.324 e. The first-order valence-corrected chi connectivity index (χ1v) is 8.43.